The van der Waals surface area contributed by atoms with Crippen LogP contribution in [0, 0.1) is 0 Å². The largest absolute Gasteiger partial charge is 0.384 e. The topological polar surface area (TPSA) is 73.7 Å². The van der Waals surface area contributed by atoms with Crippen molar-refractivity contribution in [1.29, 1.82) is 0 Å². The molecule has 1 aliphatic rings. The van der Waals surface area contributed by atoms with Gasteiger partial charge in [-0.2, -0.15) is 0 Å². The number of anilines is 2. The minimum absolute atomic E-state index is 0.0797. The number of nitrogens with one attached hydrogen (secondary N) is 3. The van der Waals surface area contributed by atoms with Gasteiger partial charge in [0.05, 0.1) is 33.0 Å². The van der Waals surface area contributed by atoms with E-state index in [1.165, 1.54) is 12.8 Å². The lowest BCUT2D eigenvalue weighted by Crippen LogP contribution is -2.14. The summed E-state index contributed by atoms with van der Waals surface area (Å²) >= 11 is 0. The second-order valence-corrected chi connectivity index (χ2v) is 8.05. The Labute approximate surface area is 169 Å². The fraction of sp³-hybridized carbons (Fsp3) is 0.364. The van der Waals surface area contributed by atoms with Crippen LogP contribution in [0.5, 0.6) is 0 Å². The third-order valence-corrected chi connectivity index (χ3v) is 5.80. The minimum Gasteiger partial charge on any atom is -0.384 e. The van der Waals surface area contributed by atoms with Crippen LogP contribution in [0.4, 0.5) is 11.4 Å². The number of unbranched alkanes of at least 4 members (excludes halogenated alkanes) is 2. The number of nitrogens with zero attached hydrogens (tertiary/aromatic N) is 3. The number of hydrogen-bond donors (Lipinski definition) is 3. The zero-order valence-corrected chi connectivity index (χ0v) is 16.9. The molecule has 5 rings (SSSR count). The third-order valence-electron chi connectivity index (χ3n) is 5.80. The van der Waals surface area contributed by atoms with Crippen molar-refractivity contribution in [3.05, 3.63) is 46.4 Å². The van der Waals surface area contributed by atoms with E-state index in [0.29, 0.717) is 6.54 Å². The summed E-state index contributed by atoms with van der Waals surface area (Å²) in [5, 5.41) is 5.03. The molecular weight excluding hydrogens is 364 g/mol. The summed E-state index contributed by atoms with van der Waals surface area (Å²) < 4.78 is 2.06. The maximum atomic E-state index is 13.6. The molecule has 0 aliphatic carbocycles. The fourth-order valence-corrected chi connectivity index (χ4v) is 4.36. The predicted molar refractivity (Wildman–Crippen MR) is 119 cm³/mol. The van der Waals surface area contributed by atoms with Crippen molar-refractivity contribution in [2.24, 2.45) is 0 Å². The Morgan fingerprint density at radius 2 is 2.03 bits per heavy atom. The van der Waals surface area contributed by atoms with E-state index in [0.717, 1.165) is 63.8 Å². The van der Waals surface area contributed by atoms with Gasteiger partial charge in [0.2, 0.25) is 0 Å². The van der Waals surface area contributed by atoms with Gasteiger partial charge in [-0.25, -0.2) is 10.4 Å². The van der Waals surface area contributed by atoms with E-state index in [9.17, 15) is 4.79 Å². The van der Waals surface area contributed by atoms with Crippen LogP contribution < -0.4 is 21.6 Å². The number of hydrazine groups is 1. The Bertz CT molecular complexity index is 1250. The summed E-state index contributed by atoms with van der Waals surface area (Å²) in [4.78, 5) is 20.4. The molecule has 2 aromatic heterocycles. The first-order chi connectivity index (χ1) is 14.1. The van der Waals surface area contributed by atoms with Crippen molar-refractivity contribution in [3.8, 4) is 0 Å². The summed E-state index contributed by atoms with van der Waals surface area (Å²) in [7, 11) is 4.21. The van der Waals surface area contributed by atoms with Crippen molar-refractivity contribution in [2.75, 3.05) is 37.9 Å². The van der Waals surface area contributed by atoms with Crippen LogP contribution in [-0.4, -0.2) is 41.5 Å². The number of benzene rings is 2. The molecule has 1 aliphatic heterocycles. The molecule has 3 N–H and O–H groups in total. The Balaban J connectivity index is 1.56. The van der Waals surface area contributed by atoms with Gasteiger partial charge in [0, 0.05) is 24.3 Å². The van der Waals surface area contributed by atoms with E-state index >= 15 is 0 Å². The summed E-state index contributed by atoms with van der Waals surface area (Å²) in [6, 6.07) is 8.02. The second kappa shape index (κ2) is 7.17. The smallest absolute Gasteiger partial charge is 0.199 e. The maximum absolute atomic E-state index is 13.6. The van der Waals surface area contributed by atoms with Crippen LogP contribution >= 0.6 is 0 Å². The molecule has 0 fully saturated rings. The number of rotatable bonds is 7. The lowest BCUT2D eigenvalue weighted by molar-refractivity contribution is 0.393. The molecule has 0 unspecified atom stereocenters. The number of pyridine rings is 1. The molecule has 0 amide bonds. The second-order valence-electron chi connectivity index (χ2n) is 8.05. The molecule has 29 heavy (non-hydrogen) atoms. The third kappa shape index (κ3) is 2.97. The molecule has 0 radical (unpaired) electrons. The average Bonchev–Trinajstić information content (AvgIpc) is 3.35. The van der Waals surface area contributed by atoms with Gasteiger partial charge in [0.15, 0.2) is 5.43 Å². The highest BCUT2D eigenvalue weighted by Crippen LogP contribution is 2.32. The van der Waals surface area contributed by atoms with Crippen molar-refractivity contribution >= 4 is 38.7 Å². The molecule has 0 spiro atoms. The highest BCUT2D eigenvalue weighted by atomic mass is 16.1. The lowest BCUT2D eigenvalue weighted by atomic mass is 10.0. The van der Waals surface area contributed by atoms with Gasteiger partial charge in [-0.3, -0.25) is 9.20 Å². The molecule has 4 aromatic rings. The van der Waals surface area contributed by atoms with Crippen LogP contribution in [0.3, 0.4) is 0 Å². The van der Waals surface area contributed by atoms with Gasteiger partial charge in [-0.1, -0.05) is 6.42 Å². The molecule has 0 atom stereocenters. The molecule has 7 heteroatoms. The summed E-state index contributed by atoms with van der Waals surface area (Å²) in [6.07, 6.45) is 5.26. The van der Waals surface area contributed by atoms with E-state index in [-0.39, 0.29) is 5.43 Å². The summed E-state index contributed by atoms with van der Waals surface area (Å²) in [6.45, 7) is 2.61. The number of fused-ring (bicyclic) bond motifs is 4. The molecule has 2 aromatic carbocycles. The SMILES string of the molecule is CN(C)CCCCCNc1ccc2ncn3c4ccc5c(c4c(=O)c1c23)CNN5. The van der Waals surface area contributed by atoms with Gasteiger partial charge >= 0.3 is 0 Å². The van der Waals surface area contributed by atoms with Crippen LogP contribution in [0.2, 0.25) is 0 Å². The molecule has 3 heterocycles. The van der Waals surface area contributed by atoms with Gasteiger partial charge in [0.1, 0.15) is 6.33 Å². The first-order valence-corrected chi connectivity index (χ1v) is 10.2. The predicted octanol–water partition coefficient (Wildman–Crippen LogP) is 3.01. The number of aromatic nitrogens is 2. The van der Waals surface area contributed by atoms with E-state index in [2.05, 4.69) is 44.5 Å². The van der Waals surface area contributed by atoms with Crippen molar-refractivity contribution in [1.82, 2.24) is 19.7 Å². The first kappa shape index (κ1) is 18.1. The monoisotopic (exact) mass is 390 g/mol. The van der Waals surface area contributed by atoms with Crippen LogP contribution in [-0.2, 0) is 6.54 Å². The van der Waals surface area contributed by atoms with Gasteiger partial charge < -0.3 is 15.6 Å². The zero-order valence-electron chi connectivity index (χ0n) is 16.9. The summed E-state index contributed by atoms with van der Waals surface area (Å²) in [5.41, 5.74) is 11.9. The van der Waals surface area contributed by atoms with Crippen molar-refractivity contribution in [2.45, 2.75) is 25.8 Å². The lowest BCUT2D eigenvalue weighted by Gasteiger charge is -2.13. The molecular formula is C22H26N6O. The van der Waals surface area contributed by atoms with E-state index in [1.807, 2.05) is 30.6 Å². The van der Waals surface area contributed by atoms with E-state index in [1.54, 1.807) is 0 Å². The van der Waals surface area contributed by atoms with E-state index < -0.39 is 0 Å². The van der Waals surface area contributed by atoms with Crippen LogP contribution in [0.15, 0.2) is 35.4 Å². The van der Waals surface area contributed by atoms with Crippen molar-refractivity contribution in [3.63, 3.8) is 0 Å². The highest BCUT2D eigenvalue weighted by molar-refractivity contribution is 6.08. The first-order valence-electron chi connectivity index (χ1n) is 10.2. The quantitative estimate of drug-likeness (QED) is 0.333. The van der Waals surface area contributed by atoms with Gasteiger partial charge in [-0.15, -0.1) is 0 Å². The van der Waals surface area contributed by atoms with Gasteiger partial charge in [-0.05, 0) is 57.7 Å². The Hall–Kier alpha value is -2.90. The number of imidazole rings is 1. The molecule has 7 nitrogen and oxygen atoms in total. The zero-order chi connectivity index (χ0) is 20.0. The maximum Gasteiger partial charge on any atom is 0.199 e. The highest BCUT2D eigenvalue weighted by Gasteiger charge is 2.21. The number of hydrogen-bond acceptors (Lipinski definition) is 6. The Morgan fingerprint density at radius 3 is 2.90 bits per heavy atom. The Kier molecular flexibility index (Phi) is 4.49. The Morgan fingerprint density at radius 1 is 1.14 bits per heavy atom. The fourth-order valence-electron chi connectivity index (χ4n) is 4.36. The van der Waals surface area contributed by atoms with Gasteiger partial charge in [0.25, 0.3) is 0 Å². The molecule has 0 saturated heterocycles. The summed E-state index contributed by atoms with van der Waals surface area (Å²) in [5.74, 6) is 0. The standard InChI is InChI=1S/C22H26N6O/c1-27(2)11-5-3-4-10-23-16-6-7-17-21-20(16)22(29)19-14-12-25-26-15(14)8-9-18(19)28(21)13-24-17/h6-9,13,23,25-26H,3-5,10-12H2,1-2H3. The molecule has 0 bridgehead atoms. The van der Waals surface area contributed by atoms with Crippen molar-refractivity contribution < 1.29 is 0 Å². The molecule has 150 valence electrons. The normalized spacial score (nSPS) is 13.6. The van der Waals surface area contributed by atoms with Crippen LogP contribution in [0.25, 0.3) is 27.3 Å². The van der Waals surface area contributed by atoms with Crippen LogP contribution in [0.1, 0.15) is 24.8 Å². The van der Waals surface area contributed by atoms with E-state index in [4.69, 9.17) is 0 Å². The molecule has 0 saturated carbocycles. The average molecular weight is 390 g/mol. The minimum atomic E-state index is 0.0797.